The van der Waals surface area contributed by atoms with Crippen molar-refractivity contribution in [3.63, 3.8) is 0 Å². The minimum atomic E-state index is -1.18. The molecule has 0 aromatic heterocycles. The van der Waals surface area contributed by atoms with Crippen molar-refractivity contribution in [3.8, 4) is 0 Å². The number of nitrogens with one attached hydrogen (secondary N) is 2. The van der Waals surface area contributed by atoms with Crippen LogP contribution in [0.25, 0.3) is 0 Å². The Kier molecular flexibility index (Phi) is 13.8. The van der Waals surface area contributed by atoms with E-state index in [0.717, 1.165) is 6.92 Å². The Balaban J connectivity index is 2.92. The number of nitrogens with two attached hydrogens (primary N) is 1. The van der Waals surface area contributed by atoms with Crippen molar-refractivity contribution in [3.05, 3.63) is 0 Å². The SMILES string of the molecule is CC(=O)NC1C(OCCCCC(=O)NCCCN)OC(COC(C)=O)C(OC(C)=O)C1OC(C)=O. The van der Waals surface area contributed by atoms with E-state index in [1.165, 1.54) is 20.8 Å². The van der Waals surface area contributed by atoms with Gasteiger partial charge in [-0.1, -0.05) is 0 Å². The maximum atomic E-state index is 11.9. The van der Waals surface area contributed by atoms with Gasteiger partial charge in [0.1, 0.15) is 18.8 Å². The number of amides is 2. The number of hydrogen-bond acceptors (Lipinski definition) is 11. The van der Waals surface area contributed by atoms with Crippen molar-refractivity contribution in [2.45, 2.75) is 84.0 Å². The first-order chi connectivity index (χ1) is 16.5. The normalized spacial score (nSPS) is 23.6. The highest BCUT2D eigenvalue weighted by atomic mass is 16.7. The van der Waals surface area contributed by atoms with E-state index in [2.05, 4.69) is 10.6 Å². The van der Waals surface area contributed by atoms with Crippen LogP contribution in [-0.4, -0.2) is 86.7 Å². The molecule has 4 N–H and O–H groups in total. The number of carbonyl (C=O) groups excluding carboxylic acids is 5. The van der Waals surface area contributed by atoms with E-state index in [9.17, 15) is 24.0 Å². The Morgan fingerprint density at radius 3 is 2.11 bits per heavy atom. The third-order valence-corrected chi connectivity index (χ3v) is 4.85. The molecule has 0 bridgehead atoms. The fraction of sp³-hybridized carbons (Fsp3) is 0.773. The molecule has 0 radical (unpaired) electrons. The van der Waals surface area contributed by atoms with Crippen molar-refractivity contribution in [1.82, 2.24) is 10.6 Å². The van der Waals surface area contributed by atoms with E-state index in [1.807, 2.05) is 0 Å². The van der Waals surface area contributed by atoms with Gasteiger partial charge in [0.25, 0.3) is 0 Å². The molecule has 0 spiro atoms. The summed E-state index contributed by atoms with van der Waals surface area (Å²) in [4.78, 5) is 58.6. The third kappa shape index (κ3) is 12.0. The van der Waals surface area contributed by atoms with Crippen molar-refractivity contribution in [2.75, 3.05) is 26.3 Å². The van der Waals surface area contributed by atoms with Crippen LogP contribution in [0.3, 0.4) is 0 Å². The van der Waals surface area contributed by atoms with E-state index in [0.29, 0.717) is 38.8 Å². The molecule has 0 saturated carbocycles. The van der Waals surface area contributed by atoms with Crippen molar-refractivity contribution in [1.29, 1.82) is 0 Å². The molecule has 1 aliphatic rings. The van der Waals surface area contributed by atoms with Crippen LogP contribution in [0, 0.1) is 0 Å². The van der Waals surface area contributed by atoms with Crippen molar-refractivity contribution in [2.24, 2.45) is 5.73 Å². The number of unbranched alkanes of at least 4 members (excludes halogenated alkanes) is 1. The summed E-state index contributed by atoms with van der Waals surface area (Å²) in [6, 6.07) is -1.02. The lowest BCUT2D eigenvalue weighted by Crippen LogP contribution is -2.66. The van der Waals surface area contributed by atoms with Gasteiger partial charge in [0.15, 0.2) is 18.5 Å². The largest absolute Gasteiger partial charge is 0.463 e. The van der Waals surface area contributed by atoms with Crippen LogP contribution in [0.15, 0.2) is 0 Å². The molecule has 5 atom stereocenters. The molecule has 2 amide bonds. The zero-order valence-corrected chi connectivity index (χ0v) is 20.7. The molecule has 13 nitrogen and oxygen atoms in total. The summed E-state index contributed by atoms with van der Waals surface area (Å²) in [6.45, 7) is 5.66. The number of ether oxygens (including phenoxy) is 5. The van der Waals surface area contributed by atoms with Gasteiger partial charge < -0.3 is 40.1 Å². The van der Waals surface area contributed by atoms with Gasteiger partial charge in [0, 0.05) is 47.3 Å². The Labute approximate surface area is 204 Å². The summed E-state index contributed by atoms with van der Waals surface area (Å²) in [7, 11) is 0. The topological polar surface area (TPSA) is 182 Å². The predicted octanol–water partition coefficient (Wildman–Crippen LogP) is -0.706. The lowest BCUT2D eigenvalue weighted by Gasteiger charge is -2.44. The Morgan fingerprint density at radius 1 is 0.886 bits per heavy atom. The van der Waals surface area contributed by atoms with Crippen LogP contribution in [0.2, 0.25) is 0 Å². The number of hydrogen-bond donors (Lipinski definition) is 3. The van der Waals surface area contributed by atoms with Crippen LogP contribution < -0.4 is 16.4 Å². The molecule has 200 valence electrons. The maximum absolute atomic E-state index is 11.9. The summed E-state index contributed by atoms with van der Waals surface area (Å²) in [5.41, 5.74) is 5.40. The second kappa shape index (κ2) is 16.0. The molecule has 0 aliphatic carbocycles. The Bertz CT molecular complexity index is 732. The molecule has 1 aliphatic heterocycles. The predicted molar refractivity (Wildman–Crippen MR) is 120 cm³/mol. The highest BCUT2D eigenvalue weighted by Crippen LogP contribution is 2.28. The van der Waals surface area contributed by atoms with Gasteiger partial charge in [0.2, 0.25) is 11.8 Å². The van der Waals surface area contributed by atoms with Gasteiger partial charge in [-0.05, 0) is 25.8 Å². The average molecular weight is 504 g/mol. The van der Waals surface area contributed by atoms with Crippen LogP contribution in [0.4, 0.5) is 0 Å². The number of esters is 3. The molecule has 1 rings (SSSR count). The smallest absolute Gasteiger partial charge is 0.303 e. The van der Waals surface area contributed by atoms with Crippen molar-refractivity contribution >= 4 is 29.7 Å². The zero-order chi connectivity index (χ0) is 26.4. The molecule has 5 unspecified atom stereocenters. The van der Waals surface area contributed by atoms with Gasteiger partial charge in [0.05, 0.1) is 0 Å². The van der Waals surface area contributed by atoms with Gasteiger partial charge in [-0.25, -0.2) is 0 Å². The van der Waals surface area contributed by atoms with E-state index in [4.69, 9.17) is 29.4 Å². The van der Waals surface area contributed by atoms with Gasteiger partial charge in [-0.3, -0.25) is 24.0 Å². The highest BCUT2D eigenvalue weighted by molar-refractivity contribution is 5.75. The van der Waals surface area contributed by atoms with Crippen LogP contribution in [0.5, 0.6) is 0 Å². The Morgan fingerprint density at radius 2 is 1.54 bits per heavy atom. The summed E-state index contributed by atoms with van der Waals surface area (Å²) >= 11 is 0. The minimum Gasteiger partial charge on any atom is -0.463 e. The molecule has 0 aromatic carbocycles. The first-order valence-corrected chi connectivity index (χ1v) is 11.5. The average Bonchev–Trinajstić information content (AvgIpc) is 2.75. The highest BCUT2D eigenvalue weighted by Gasteiger charge is 2.51. The fourth-order valence-corrected chi connectivity index (χ4v) is 3.44. The lowest BCUT2D eigenvalue weighted by atomic mass is 9.96. The van der Waals surface area contributed by atoms with E-state index >= 15 is 0 Å². The second-order valence-electron chi connectivity index (χ2n) is 8.04. The molecule has 1 saturated heterocycles. The molecule has 1 heterocycles. The molecular weight excluding hydrogens is 466 g/mol. The molecule has 35 heavy (non-hydrogen) atoms. The monoisotopic (exact) mass is 503 g/mol. The first-order valence-electron chi connectivity index (χ1n) is 11.5. The van der Waals surface area contributed by atoms with E-state index in [-0.39, 0.29) is 19.1 Å². The fourth-order valence-electron chi connectivity index (χ4n) is 3.44. The molecule has 1 fully saturated rings. The molecule has 0 aromatic rings. The molecule has 13 heteroatoms. The summed E-state index contributed by atoms with van der Waals surface area (Å²) < 4.78 is 27.5. The van der Waals surface area contributed by atoms with E-state index < -0.39 is 54.5 Å². The van der Waals surface area contributed by atoms with Crippen LogP contribution >= 0.6 is 0 Å². The van der Waals surface area contributed by atoms with E-state index in [1.54, 1.807) is 0 Å². The molecular formula is C22H37N3O10. The zero-order valence-electron chi connectivity index (χ0n) is 20.7. The van der Waals surface area contributed by atoms with Crippen LogP contribution in [0.1, 0.15) is 53.4 Å². The van der Waals surface area contributed by atoms with Crippen LogP contribution in [-0.2, 0) is 47.7 Å². The number of rotatable bonds is 14. The second-order valence-corrected chi connectivity index (χ2v) is 8.04. The lowest BCUT2D eigenvalue weighted by molar-refractivity contribution is -0.277. The Hall–Kier alpha value is -2.77. The van der Waals surface area contributed by atoms with Gasteiger partial charge >= 0.3 is 17.9 Å². The summed E-state index contributed by atoms with van der Waals surface area (Å²) in [5, 5.41) is 5.39. The third-order valence-electron chi connectivity index (χ3n) is 4.85. The number of carbonyl (C=O) groups is 5. The van der Waals surface area contributed by atoms with Crippen molar-refractivity contribution < 1.29 is 47.7 Å². The van der Waals surface area contributed by atoms with Gasteiger partial charge in [-0.15, -0.1) is 0 Å². The standard InChI is InChI=1S/C22H37N3O10/c1-13(26)25-19-21(34-16(4)29)20(33-15(3)28)17(12-32-14(2)27)35-22(19)31-11-6-5-8-18(30)24-10-7-9-23/h17,19-22H,5-12,23H2,1-4H3,(H,24,30)(H,25,26). The summed E-state index contributed by atoms with van der Waals surface area (Å²) in [6.07, 6.45) is -2.47. The maximum Gasteiger partial charge on any atom is 0.303 e. The van der Waals surface area contributed by atoms with Gasteiger partial charge in [-0.2, -0.15) is 0 Å². The quantitative estimate of drug-likeness (QED) is 0.155. The first kappa shape index (κ1) is 30.3. The summed E-state index contributed by atoms with van der Waals surface area (Å²) in [5.74, 6) is -2.52. The minimum absolute atomic E-state index is 0.0934.